The molecule has 0 saturated carbocycles. The van der Waals surface area contributed by atoms with E-state index in [-0.39, 0.29) is 90.8 Å². The molecule has 1 saturated heterocycles. The molecule has 1 fully saturated rings. The van der Waals surface area contributed by atoms with Gasteiger partial charge in [0, 0.05) is 77.5 Å². The van der Waals surface area contributed by atoms with E-state index in [9.17, 15) is 48.2 Å². The number of aromatic amines is 1. The third kappa shape index (κ3) is 6.05. The number of rotatable bonds is 12. The van der Waals surface area contributed by atoms with Crippen LogP contribution in [0.2, 0.25) is 0 Å². The number of hydrogen-bond donors (Lipinski definition) is 4. The zero-order chi connectivity index (χ0) is 34.5. The van der Waals surface area contributed by atoms with Crippen LogP contribution in [-0.4, -0.2) is 103 Å². The van der Waals surface area contributed by atoms with E-state index in [0.717, 1.165) is 14.4 Å². The summed E-state index contributed by atoms with van der Waals surface area (Å²) in [7, 11) is -4.95. The standard InChI is InChI=1S/C30H31N4O13P/c1-15-13-34(30(41)31-25(15)36)22-12-20(47-48(42,43)44)21(46-22)14-45-11-3-9-33-28(39)18-6-4-16-23-17(5-7-19(24(18)23)29(33)40)27(38)32(26(16)37)8-2-10-35/h4-7,13,20-22,35H,2-3,8-12,14H2,1H3,(H,31,36,41)(H2,42,43,44)/t20-,21+,22+/m0/s1. The number of imide groups is 2. The van der Waals surface area contributed by atoms with Crippen LogP contribution in [0.4, 0.5) is 0 Å². The summed E-state index contributed by atoms with van der Waals surface area (Å²) < 4.78 is 29.1. The van der Waals surface area contributed by atoms with Crippen LogP contribution in [0.15, 0.2) is 40.1 Å². The Bertz CT molecular complexity index is 1950. The number of aliphatic hydroxyl groups is 1. The molecule has 3 aliphatic rings. The molecule has 1 aromatic heterocycles. The Balaban J connectivity index is 1.12. The van der Waals surface area contributed by atoms with Crippen LogP contribution < -0.4 is 11.2 Å². The minimum atomic E-state index is -4.95. The van der Waals surface area contributed by atoms with Gasteiger partial charge in [0.05, 0.1) is 6.61 Å². The van der Waals surface area contributed by atoms with E-state index in [1.54, 1.807) is 0 Å². The highest BCUT2D eigenvalue weighted by atomic mass is 31.2. The Labute approximate surface area is 270 Å². The van der Waals surface area contributed by atoms with Crippen molar-refractivity contribution >= 4 is 42.2 Å². The van der Waals surface area contributed by atoms with E-state index in [1.165, 1.54) is 37.4 Å². The van der Waals surface area contributed by atoms with Crippen LogP contribution in [0.3, 0.4) is 0 Å². The summed E-state index contributed by atoms with van der Waals surface area (Å²) in [5, 5.41) is 9.66. The zero-order valence-corrected chi connectivity index (χ0v) is 26.4. The minimum Gasteiger partial charge on any atom is -0.396 e. The van der Waals surface area contributed by atoms with Crippen molar-refractivity contribution in [1.29, 1.82) is 0 Å². The minimum absolute atomic E-state index is 0.00521. The summed E-state index contributed by atoms with van der Waals surface area (Å²) in [6.45, 7) is 1.01. The third-order valence-corrected chi connectivity index (χ3v) is 9.01. The molecule has 3 atom stereocenters. The van der Waals surface area contributed by atoms with Crippen molar-refractivity contribution in [2.75, 3.05) is 32.9 Å². The lowest BCUT2D eigenvalue weighted by atomic mass is 9.86. The molecular weight excluding hydrogens is 655 g/mol. The first-order valence-electron chi connectivity index (χ1n) is 15.0. The molecular formula is C30H31N4O13P. The van der Waals surface area contributed by atoms with Gasteiger partial charge in [-0.25, -0.2) is 9.36 Å². The van der Waals surface area contributed by atoms with Gasteiger partial charge < -0.3 is 24.4 Å². The Morgan fingerprint density at radius 2 is 1.40 bits per heavy atom. The molecule has 0 spiro atoms. The fraction of sp³-hybridized carbons (Fsp3) is 0.400. The van der Waals surface area contributed by atoms with Crippen molar-refractivity contribution in [2.45, 2.75) is 44.6 Å². The molecule has 254 valence electrons. The van der Waals surface area contributed by atoms with Gasteiger partial charge in [0.15, 0.2) is 0 Å². The first kappa shape index (κ1) is 33.5. The second-order valence-electron chi connectivity index (χ2n) is 11.6. The smallest absolute Gasteiger partial charge is 0.396 e. The molecule has 0 aliphatic carbocycles. The van der Waals surface area contributed by atoms with Crippen LogP contribution in [-0.2, 0) is 18.6 Å². The molecule has 0 radical (unpaired) electrons. The first-order valence-corrected chi connectivity index (χ1v) is 16.6. The highest BCUT2D eigenvalue weighted by Crippen LogP contribution is 2.43. The number of ether oxygens (including phenoxy) is 2. The molecule has 48 heavy (non-hydrogen) atoms. The summed E-state index contributed by atoms with van der Waals surface area (Å²) in [5.41, 5.74) is -0.455. The van der Waals surface area contributed by atoms with Gasteiger partial charge in [-0.05, 0) is 44.0 Å². The predicted molar refractivity (Wildman–Crippen MR) is 163 cm³/mol. The number of aliphatic hydroxyl groups excluding tert-OH is 1. The number of hydrogen-bond acceptors (Lipinski definition) is 11. The van der Waals surface area contributed by atoms with E-state index >= 15 is 0 Å². The lowest BCUT2D eigenvalue weighted by molar-refractivity contribution is -0.0631. The van der Waals surface area contributed by atoms with Crippen LogP contribution in [0.5, 0.6) is 0 Å². The Morgan fingerprint density at radius 1 is 0.875 bits per heavy atom. The van der Waals surface area contributed by atoms with Gasteiger partial charge in [0.2, 0.25) is 0 Å². The summed E-state index contributed by atoms with van der Waals surface area (Å²) in [5.74, 6) is -2.37. The number of aryl methyl sites for hydroxylation is 1. The van der Waals surface area contributed by atoms with Crippen molar-refractivity contribution in [3.05, 3.63) is 79.1 Å². The summed E-state index contributed by atoms with van der Waals surface area (Å²) in [4.78, 5) is 100. The average Bonchev–Trinajstić information content (AvgIpc) is 3.42. The van der Waals surface area contributed by atoms with Crippen LogP contribution in [0.1, 0.15) is 72.5 Å². The molecule has 18 heteroatoms. The van der Waals surface area contributed by atoms with E-state index in [2.05, 4.69) is 4.98 Å². The molecule has 0 bridgehead atoms. The molecule has 4 N–H and O–H groups in total. The van der Waals surface area contributed by atoms with E-state index in [4.69, 9.17) is 14.0 Å². The van der Waals surface area contributed by atoms with Gasteiger partial charge in [-0.3, -0.25) is 47.8 Å². The largest absolute Gasteiger partial charge is 0.469 e. The monoisotopic (exact) mass is 686 g/mol. The molecule has 4 amide bonds. The molecule has 6 rings (SSSR count). The average molecular weight is 687 g/mol. The number of carbonyl (C=O) groups is 4. The molecule has 2 aromatic carbocycles. The summed E-state index contributed by atoms with van der Waals surface area (Å²) >= 11 is 0. The lowest BCUT2D eigenvalue weighted by Crippen LogP contribution is -2.44. The van der Waals surface area contributed by atoms with Gasteiger partial charge in [-0.2, -0.15) is 0 Å². The number of benzene rings is 2. The SMILES string of the molecule is Cc1cn([C@H]2C[C@H](OP(=O)(O)O)[C@@H](COCCCN3C(=O)c4ccc5c6c(ccc(c46)C3=O)C(=O)N(CCCO)C5=O)O2)c(=O)[nH]c1=O. The van der Waals surface area contributed by atoms with Crippen molar-refractivity contribution in [1.82, 2.24) is 19.4 Å². The molecule has 3 aliphatic heterocycles. The Hall–Kier alpha value is -4.35. The predicted octanol–water partition coefficient (Wildman–Crippen LogP) is 0.445. The number of amides is 4. The number of phosphoric ester groups is 1. The highest BCUT2D eigenvalue weighted by molar-refractivity contribution is 7.46. The number of phosphoric acid groups is 1. The number of carbonyl (C=O) groups excluding carboxylic acids is 4. The summed E-state index contributed by atoms with van der Waals surface area (Å²) in [6, 6.07) is 5.80. The number of nitrogens with one attached hydrogen (secondary N) is 1. The Kier molecular flexibility index (Phi) is 9.04. The normalized spacial score (nSPS) is 20.8. The fourth-order valence-corrected chi connectivity index (χ4v) is 6.82. The maximum absolute atomic E-state index is 13.5. The van der Waals surface area contributed by atoms with Gasteiger partial charge in [0.1, 0.15) is 18.4 Å². The molecule has 17 nitrogen and oxygen atoms in total. The van der Waals surface area contributed by atoms with Crippen molar-refractivity contribution in [3.8, 4) is 0 Å². The van der Waals surface area contributed by atoms with Crippen molar-refractivity contribution in [2.24, 2.45) is 0 Å². The van der Waals surface area contributed by atoms with Gasteiger partial charge >= 0.3 is 13.5 Å². The topological polar surface area (TPSA) is 235 Å². The third-order valence-electron chi connectivity index (χ3n) is 8.46. The van der Waals surface area contributed by atoms with Gasteiger partial charge in [0.25, 0.3) is 29.2 Å². The maximum atomic E-state index is 13.5. The highest BCUT2D eigenvalue weighted by Gasteiger charge is 2.42. The fourth-order valence-electron chi connectivity index (χ4n) is 6.24. The van der Waals surface area contributed by atoms with Crippen LogP contribution in [0, 0.1) is 6.92 Å². The summed E-state index contributed by atoms with van der Waals surface area (Å²) in [6.07, 6.45) is -1.69. The number of H-pyrrole nitrogens is 1. The Morgan fingerprint density at radius 3 is 1.90 bits per heavy atom. The zero-order valence-electron chi connectivity index (χ0n) is 25.5. The second-order valence-corrected chi connectivity index (χ2v) is 12.8. The van der Waals surface area contributed by atoms with E-state index in [1.807, 2.05) is 0 Å². The quantitative estimate of drug-likeness (QED) is 0.115. The van der Waals surface area contributed by atoms with E-state index < -0.39 is 61.1 Å². The van der Waals surface area contributed by atoms with Crippen LogP contribution >= 0.6 is 7.82 Å². The maximum Gasteiger partial charge on any atom is 0.469 e. The van der Waals surface area contributed by atoms with Gasteiger partial charge in [-0.1, -0.05) is 0 Å². The van der Waals surface area contributed by atoms with Crippen molar-refractivity contribution in [3.63, 3.8) is 0 Å². The van der Waals surface area contributed by atoms with Gasteiger partial charge in [-0.15, -0.1) is 0 Å². The molecule has 3 aromatic rings. The van der Waals surface area contributed by atoms with Crippen molar-refractivity contribution < 1.29 is 52.6 Å². The number of aromatic nitrogens is 2. The van der Waals surface area contributed by atoms with E-state index in [0.29, 0.717) is 0 Å². The molecule has 0 unspecified atom stereocenters. The molecule has 4 heterocycles. The number of nitrogens with zero attached hydrogens (tertiary/aromatic N) is 3. The van der Waals surface area contributed by atoms with Crippen LogP contribution in [0.25, 0.3) is 10.8 Å². The first-order chi connectivity index (χ1) is 22.8. The lowest BCUT2D eigenvalue weighted by Gasteiger charge is -2.32. The second kappa shape index (κ2) is 12.9.